The minimum Gasteiger partial charge on any atom is -0.493 e. The summed E-state index contributed by atoms with van der Waals surface area (Å²) in [6.45, 7) is 4.99. The molecule has 6 rings (SSSR count). The molecule has 1 atom stereocenters. The van der Waals surface area contributed by atoms with Crippen molar-refractivity contribution in [2.24, 2.45) is 0 Å². The Kier molecular flexibility index (Phi) is 8.21. The lowest BCUT2D eigenvalue weighted by molar-refractivity contribution is 0.0507. The van der Waals surface area contributed by atoms with E-state index in [1.807, 2.05) is 47.4 Å². The molecule has 7 heteroatoms. The minimum atomic E-state index is 0.00652. The zero-order valence-corrected chi connectivity index (χ0v) is 23.2. The van der Waals surface area contributed by atoms with E-state index in [9.17, 15) is 4.79 Å². The summed E-state index contributed by atoms with van der Waals surface area (Å²) in [6.07, 6.45) is 3.95. The van der Waals surface area contributed by atoms with Crippen molar-refractivity contribution >= 4 is 11.6 Å². The quantitative estimate of drug-likeness (QED) is 0.384. The van der Waals surface area contributed by atoms with Gasteiger partial charge in [-0.3, -0.25) is 4.79 Å². The fraction of sp³-hybridized carbons (Fsp3) is 0.424. The molecule has 1 amide bonds. The van der Waals surface area contributed by atoms with Crippen LogP contribution in [-0.4, -0.2) is 69.6 Å². The molecule has 0 saturated carbocycles. The van der Waals surface area contributed by atoms with E-state index in [4.69, 9.17) is 18.9 Å². The summed E-state index contributed by atoms with van der Waals surface area (Å²) in [4.78, 5) is 18.0. The highest BCUT2D eigenvalue weighted by atomic mass is 16.5. The van der Waals surface area contributed by atoms with Crippen molar-refractivity contribution in [1.29, 1.82) is 0 Å². The zero-order chi connectivity index (χ0) is 27.3. The number of anilines is 1. The van der Waals surface area contributed by atoms with Gasteiger partial charge >= 0.3 is 0 Å². The van der Waals surface area contributed by atoms with E-state index in [2.05, 4.69) is 29.2 Å². The number of nitrogens with zero attached hydrogens (tertiary/aromatic N) is 2. The van der Waals surface area contributed by atoms with E-state index >= 15 is 0 Å². The minimum absolute atomic E-state index is 0.00652. The number of methoxy groups -OCH3 is 1. The molecule has 2 aliphatic heterocycles. The Morgan fingerprint density at radius 2 is 1.70 bits per heavy atom. The Bertz CT molecular complexity index is 1270. The van der Waals surface area contributed by atoms with E-state index in [0.29, 0.717) is 24.4 Å². The topological polar surface area (TPSA) is 60.5 Å². The summed E-state index contributed by atoms with van der Waals surface area (Å²) >= 11 is 0. The van der Waals surface area contributed by atoms with Gasteiger partial charge in [0.2, 0.25) is 0 Å². The number of morpholine rings is 1. The van der Waals surface area contributed by atoms with Crippen molar-refractivity contribution in [3.05, 3.63) is 89.0 Å². The molecule has 0 N–H and O–H groups in total. The average Bonchev–Trinajstić information content (AvgIpc) is 3.67. The molecular formula is C33H38N2O5. The molecule has 1 unspecified atom stereocenters. The highest BCUT2D eigenvalue weighted by Crippen LogP contribution is 2.33. The van der Waals surface area contributed by atoms with Crippen molar-refractivity contribution in [2.75, 3.05) is 51.5 Å². The maximum absolute atomic E-state index is 13.8. The maximum Gasteiger partial charge on any atom is 0.254 e. The first-order valence-corrected chi connectivity index (χ1v) is 14.4. The predicted molar refractivity (Wildman–Crippen MR) is 154 cm³/mol. The van der Waals surface area contributed by atoms with Gasteiger partial charge in [0.1, 0.15) is 6.10 Å². The van der Waals surface area contributed by atoms with E-state index in [-0.39, 0.29) is 18.1 Å². The molecule has 3 aromatic rings. The third-order valence-electron chi connectivity index (χ3n) is 8.13. The van der Waals surface area contributed by atoms with Crippen LogP contribution in [0.5, 0.6) is 11.5 Å². The summed E-state index contributed by atoms with van der Waals surface area (Å²) in [5.41, 5.74) is 5.50. The molecule has 2 fully saturated rings. The number of rotatable bonds is 9. The smallest absolute Gasteiger partial charge is 0.254 e. The van der Waals surface area contributed by atoms with Crippen molar-refractivity contribution in [1.82, 2.24) is 4.90 Å². The van der Waals surface area contributed by atoms with Gasteiger partial charge in [-0.2, -0.15) is 0 Å². The number of fused-ring (bicyclic) bond motifs is 1. The van der Waals surface area contributed by atoms with Crippen LogP contribution in [0, 0.1) is 0 Å². The molecule has 40 heavy (non-hydrogen) atoms. The van der Waals surface area contributed by atoms with E-state index in [0.717, 1.165) is 75.6 Å². The molecule has 7 nitrogen and oxygen atoms in total. The van der Waals surface area contributed by atoms with Crippen LogP contribution in [0.3, 0.4) is 0 Å². The summed E-state index contributed by atoms with van der Waals surface area (Å²) < 4.78 is 23.5. The first-order chi connectivity index (χ1) is 19.7. The number of hydrogen-bond donors (Lipinski definition) is 0. The average molecular weight is 543 g/mol. The van der Waals surface area contributed by atoms with E-state index in [1.165, 1.54) is 11.1 Å². The van der Waals surface area contributed by atoms with Crippen molar-refractivity contribution in [3.8, 4) is 11.5 Å². The lowest BCUT2D eigenvalue weighted by Gasteiger charge is -2.29. The van der Waals surface area contributed by atoms with Gasteiger partial charge < -0.3 is 28.7 Å². The molecule has 3 aliphatic rings. The third-order valence-corrected chi connectivity index (χ3v) is 8.13. The summed E-state index contributed by atoms with van der Waals surface area (Å²) in [5, 5.41) is 0. The van der Waals surface area contributed by atoms with Crippen LogP contribution < -0.4 is 14.4 Å². The fourth-order valence-electron chi connectivity index (χ4n) is 5.98. The van der Waals surface area contributed by atoms with Crippen LogP contribution in [0.2, 0.25) is 0 Å². The van der Waals surface area contributed by atoms with Gasteiger partial charge in [-0.1, -0.05) is 30.3 Å². The Morgan fingerprint density at radius 1 is 0.950 bits per heavy atom. The summed E-state index contributed by atoms with van der Waals surface area (Å²) in [5.74, 6) is 1.43. The number of benzene rings is 3. The second-order valence-corrected chi connectivity index (χ2v) is 10.9. The highest BCUT2D eigenvalue weighted by Gasteiger charge is 2.26. The molecular weight excluding hydrogens is 504 g/mol. The molecule has 3 aromatic carbocycles. The van der Waals surface area contributed by atoms with Crippen LogP contribution in [0.4, 0.5) is 5.69 Å². The number of carbonyl (C=O) groups excluding carboxylic acids is 1. The Morgan fingerprint density at radius 3 is 2.38 bits per heavy atom. The molecule has 0 radical (unpaired) electrons. The molecule has 0 spiro atoms. The van der Waals surface area contributed by atoms with E-state index < -0.39 is 0 Å². The lowest BCUT2D eigenvalue weighted by Crippen LogP contribution is -2.37. The number of carbonyl (C=O) groups is 1. The maximum atomic E-state index is 13.8. The van der Waals surface area contributed by atoms with Gasteiger partial charge in [-0.25, -0.2) is 0 Å². The Hall–Kier alpha value is -3.55. The largest absolute Gasteiger partial charge is 0.493 e. The normalized spacial score (nSPS) is 18.9. The Balaban J connectivity index is 1.16. The molecule has 2 saturated heterocycles. The van der Waals surface area contributed by atoms with Crippen LogP contribution in [0.1, 0.15) is 39.9 Å². The van der Waals surface area contributed by atoms with Gasteiger partial charge in [0, 0.05) is 56.9 Å². The van der Waals surface area contributed by atoms with Crippen LogP contribution in [-0.2, 0) is 28.9 Å². The van der Waals surface area contributed by atoms with Gasteiger partial charge in [0.25, 0.3) is 5.91 Å². The monoisotopic (exact) mass is 542 g/mol. The van der Waals surface area contributed by atoms with Crippen molar-refractivity contribution < 1.29 is 23.7 Å². The second kappa shape index (κ2) is 12.3. The SMILES string of the molecule is COc1cc(CN(CC2CCCO2)C(=O)c2ccc(N3CCOCC3)cc2)ccc1OC1Cc2ccccc2C1. The number of hydrogen-bond acceptors (Lipinski definition) is 6. The summed E-state index contributed by atoms with van der Waals surface area (Å²) in [7, 11) is 1.67. The number of ether oxygens (including phenoxy) is 4. The standard InChI is InChI=1S/C33H38N2O5/c1-37-32-19-24(8-13-31(32)40-30-20-26-5-2-3-6-27(26)21-30)22-35(23-29-7-4-16-39-29)33(36)25-9-11-28(12-10-25)34-14-17-38-18-15-34/h2-3,5-6,8-13,19,29-30H,4,7,14-18,20-23H2,1H3. The molecule has 2 heterocycles. The van der Waals surface area contributed by atoms with Crippen LogP contribution in [0.25, 0.3) is 0 Å². The zero-order valence-electron chi connectivity index (χ0n) is 23.2. The summed E-state index contributed by atoms with van der Waals surface area (Å²) in [6, 6.07) is 22.5. The van der Waals surface area contributed by atoms with Gasteiger partial charge in [-0.15, -0.1) is 0 Å². The first kappa shape index (κ1) is 26.7. The molecule has 0 aromatic heterocycles. The van der Waals surface area contributed by atoms with E-state index in [1.54, 1.807) is 7.11 Å². The molecule has 1 aliphatic carbocycles. The van der Waals surface area contributed by atoms with Crippen molar-refractivity contribution in [2.45, 2.75) is 44.4 Å². The van der Waals surface area contributed by atoms with Gasteiger partial charge in [-0.05, 0) is 65.9 Å². The van der Waals surface area contributed by atoms with Gasteiger partial charge in [0.15, 0.2) is 11.5 Å². The van der Waals surface area contributed by atoms with Gasteiger partial charge in [0.05, 0.1) is 26.4 Å². The molecule has 210 valence electrons. The third kappa shape index (κ3) is 6.11. The van der Waals surface area contributed by atoms with Crippen LogP contribution in [0.15, 0.2) is 66.7 Å². The number of amides is 1. The second-order valence-electron chi connectivity index (χ2n) is 10.9. The first-order valence-electron chi connectivity index (χ1n) is 14.4. The van der Waals surface area contributed by atoms with Crippen molar-refractivity contribution in [3.63, 3.8) is 0 Å². The lowest BCUT2D eigenvalue weighted by atomic mass is 10.1. The fourth-order valence-corrected chi connectivity index (χ4v) is 5.98. The Labute approximate surface area is 236 Å². The highest BCUT2D eigenvalue weighted by molar-refractivity contribution is 5.94. The van der Waals surface area contributed by atoms with Crippen LogP contribution >= 0.6 is 0 Å². The molecule has 0 bridgehead atoms. The predicted octanol–water partition coefficient (Wildman–Crippen LogP) is 4.90.